The molecule has 0 fully saturated rings. The standard InChI is InChI=1S/C13H16N6OS/c1-2-7(6-20)16-12-11-9(17-13(14)18-12)5-10(21-11)8-3-4-15-19-8/h3-5,7,20H,2,6H2,1H3,(H,15,19)(H3,14,16,17,18). The van der Waals surface area contributed by atoms with Crippen LogP contribution in [0, 0.1) is 0 Å². The van der Waals surface area contributed by atoms with Gasteiger partial charge in [-0.15, -0.1) is 11.3 Å². The van der Waals surface area contributed by atoms with E-state index in [1.54, 1.807) is 17.5 Å². The summed E-state index contributed by atoms with van der Waals surface area (Å²) in [7, 11) is 0. The summed E-state index contributed by atoms with van der Waals surface area (Å²) in [6.45, 7) is 2.04. The van der Waals surface area contributed by atoms with E-state index in [4.69, 9.17) is 5.73 Å². The van der Waals surface area contributed by atoms with E-state index in [0.29, 0.717) is 5.82 Å². The maximum atomic E-state index is 9.34. The van der Waals surface area contributed by atoms with Crippen LogP contribution in [0.3, 0.4) is 0 Å². The number of rotatable bonds is 5. The van der Waals surface area contributed by atoms with Crippen LogP contribution in [0.25, 0.3) is 20.8 Å². The van der Waals surface area contributed by atoms with Crippen LogP contribution in [0.5, 0.6) is 0 Å². The summed E-state index contributed by atoms with van der Waals surface area (Å²) in [5, 5.41) is 19.4. The number of nitrogens with two attached hydrogens (primary N) is 1. The molecule has 3 aromatic rings. The van der Waals surface area contributed by atoms with Crippen molar-refractivity contribution in [3.8, 4) is 10.6 Å². The Morgan fingerprint density at radius 1 is 1.48 bits per heavy atom. The van der Waals surface area contributed by atoms with Gasteiger partial charge in [-0.05, 0) is 18.6 Å². The number of nitrogen functional groups attached to an aromatic ring is 1. The van der Waals surface area contributed by atoms with E-state index in [1.165, 1.54) is 0 Å². The number of hydrogen-bond donors (Lipinski definition) is 4. The van der Waals surface area contributed by atoms with Crippen molar-refractivity contribution in [2.24, 2.45) is 0 Å². The third-order valence-corrected chi connectivity index (χ3v) is 4.37. The van der Waals surface area contributed by atoms with Crippen molar-refractivity contribution in [2.45, 2.75) is 19.4 Å². The van der Waals surface area contributed by atoms with Gasteiger partial charge in [-0.25, -0.2) is 4.98 Å². The molecule has 5 N–H and O–H groups in total. The number of thiophene rings is 1. The number of anilines is 2. The molecule has 0 aromatic carbocycles. The summed E-state index contributed by atoms with van der Waals surface area (Å²) in [5.41, 5.74) is 7.48. The van der Waals surface area contributed by atoms with Crippen molar-refractivity contribution < 1.29 is 5.11 Å². The van der Waals surface area contributed by atoms with Gasteiger partial charge in [0, 0.05) is 6.20 Å². The Morgan fingerprint density at radius 2 is 2.33 bits per heavy atom. The van der Waals surface area contributed by atoms with Gasteiger partial charge in [-0.3, -0.25) is 5.10 Å². The van der Waals surface area contributed by atoms with Gasteiger partial charge in [0.25, 0.3) is 0 Å². The van der Waals surface area contributed by atoms with Gasteiger partial charge in [0.1, 0.15) is 5.82 Å². The fraction of sp³-hybridized carbons (Fsp3) is 0.308. The van der Waals surface area contributed by atoms with Crippen LogP contribution in [0.4, 0.5) is 11.8 Å². The number of aliphatic hydroxyl groups excluding tert-OH is 1. The van der Waals surface area contributed by atoms with Crippen LogP contribution < -0.4 is 11.1 Å². The zero-order valence-electron chi connectivity index (χ0n) is 11.5. The first kappa shape index (κ1) is 13.8. The molecule has 0 spiro atoms. The summed E-state index contributed by atoms with van der Waals surface area (Å²) >= 11 is 1.56. The molecule has 0 saturated heterocycles. The van der Waals surface area contributed by atoms with Crippen molar-refractivity contribution in [1.29, 1.82) is 0 Å². The number of hydrogen-bond acceptors (Lipinski definition) is 7. The molecule has 0 aliphatic rings. The summed E-state index contributed by atoms with van der Waals surface area (Å²) in [5.74, 6) is 0.876. The Hall–Kier alpha value is -2.19. The quantitative estimate of drug-likeness (QED) is 0.572. The van der Waals surface area contributed by atoms with Crippen molar-refractivity contribution in [3.63, 3.8) is 0 Å². The average Bonchev–Trinajstić information content (AvgIpc) is 3.12. The SMILES string of the molecule is CCC(CO)Nc1nc(N)nc2cc(-c3ccn[nH]3)sc12. The Balaban J connectivity index is 2.07. The molecule has 0 bridgehead atoms. The molecule has 21 heavy (non-hydrogen) atoms. The van der Waals surface area contributed by atoms with Gasteiger partial charge in [0.05, 0.1) is 33.4 Å². The third-order valence-electron chi connectivity index (χ3n) is 3.21. The van der Waals surface area contributed by atoms with Crippen LogP contribution in [0.2, 0.25) is 0 Å². The smallest absolute Gasteiger partial charge is 0.222 e. The largest absolute Gasteiger partial charge is 0.394 e. The predicted octanol–water partition coefficient (Wildman–Crippen LogP) is 1.85. The molecule has 1 atom stereocenters. The van der Waals surface area contributed by atoms with E-state index in [2.05, 4.69) is 25.5 Å². The molecule has 7 nitrogen and oxygen atoms in total. The number of nitrogens with one attached hydrogen (secondary N) is 2. The number of aliphatic hydroxyl groups is 1. The van der Waals surface area contributed by atoms with Crippen LogP contribution >= 0.6 is 11.3 Å². The lowest BCUT2D eigenvalue weighted by Gasteiger charge is -2.15. The van der Waals surface area contributed by atoms with E-state index in [1.807, 2.05) is 19.1 Å². The molecule has 0 amide bonds. The molecular weight excluding hydrogens is 288 g/mol. The second-order valence-corrected chi connectivity index (χ2v) is 5.71. The monoisotopic (exact) mass is 304 g/mol. The molecule has 0 radical (unpaired) electrons. The molecular formula is C13H16N6OS. The zero-order valence-corrected chi connectivity index (χ0v) is 12.3. The molecule has 1 unspecified atom stereocenters. The van der Waals surface area contributed by atoms with Crippen LogP contribution in [-0.2, 0) is 0 Å². The highest BCUT2D eigenvalue weighted by Gasteiger charge is 2.15. The van der Waals surface area contributed by atoms with E-state index >= 15 is 0 Å². The Bertz CT molecular complexity index is 735. The first-order valence-electron chi connectivity index (χ1n) is 6.65. The normalized spacial score (nSPS) is 12.7. The lowest BCUT2D eigenvalue weighted by Crippen LogP contribution is -2.23. The summed E-state index contributed by atoms with van der Waals surface area (Å²) in [6, 6.07) is 3.80. The molecule has 0 saturated carbocycles. The average molecular weight is 304 g/mol. The maximum absolute atomic E-state index is 9.34. The minimum Gasteiger partial charge on any atom is -0.394 e. The second-order valence-electron chi connectivity index (χ2n) is 4.66. The molecule has 3 rings (SSSR count). The van der Waals surface area contributed by atoms with Gasteiger partial charge in [0.15, 0.2) is 0 Å². The van der Waals surface area contributed by atoms with Gasteiger partial charge >= 0.3 is 0 Å². The van der Waals surface area contributed by atoms with E-state index in [9.17, 15) is 5.11 Å². The summed E-state index contributed by atoms with van der Waals surface area (Å²) in [6.07, 6.45) is 2.50. The number of aromatic nitrogens is 4. The van der Waals surface area contributed by atoms with E-state index in [-0.39, 0.29) is 18.6 Å². The second kappa shape index (κ2) is 5.66. The van der Waals surface area contributed by atoms with Crippen LogP contribution in [0.15, 0.2) is 18.3 Å². The fourth-order valence-corrected chi connectivity index (χ4v) is 3.07. The van der Waals surface area contributed by atoms with E-state index < -0.39 is 0 Å². The summed E-state index contributed by atoms with van der Waals surface area (Å²) < 4.78 is 0.917. The van der Waals surface area contributed by atoms with Gasteiger partial charge in [-0.1, -0.05) is 6.92 Å². The Morgan fingerprint density at radius 3 is 3.00 bits per heavy atom. The first-order chi connectivity index (χ1) is 10.2. The number of nitrogens with zero attached hydrogens (tertiary/aromatic N) is 3. The molecule has 0 aliphatic heterocycles. The van der Waals surface area contributed by atoms with Gasteiger partial charge in [-0.2, -0.15) is 10.1 Å². The third kappa shape index (κ3) is 2.67. The molecule has 8 heteroatoms. The Labute approximate surface area is 125 Å². The molecule has 3 heterocycles. The number of aromatic amines is 1. The highest BCUT2D eigenvalue weighted by molar-refractivity contribution is 7.22. The fourth-order valence-electron chi connectivity index (χ4n) is 2.04. The predicted molar refractivity (Wildman–Crippen MR) is 84.2 cm³/mol. The summed E-state index contributed by atoms with van der Waals surface area (Å²) in [4.78, 5) is 9.54. The van der Waals surface area contributed by atoms with Gasteiger partial charge in [0.2, 0.25) is 5.95 Å². The first-order valence-corrected chi connectivity index (χ1v) is 7.47. The molecule has 110 valence electrons. The molecule has 0 aliphatic carbocycles. The minimum absolute atomic E-state index is 0.0423. The van der Waals surface area contributed by atoms with Crippen molar-refractivity contribution in [3.05, 3.63) is 18.3 Å². The lowest BCUT2D eigenvalue weighted by atomic mass is 10.2. The van der Waals surface area contributed by atoms with E-state index in [0.717, 1.165) is 27.2 Å². The van der Waals surface area contributed by atoms with Crippen molar-refractivity contribution >= 4 is 33.3 Å². The zero-order chi connectivity index (χ0) is 14.8. The van der Waals surface area contributed by atoms with Crippen LogP contribution in [0.1, 0.15) is 13.3 Å². The highest BCUT2D eigenvalue weighted by atomic mass is 32.1. The van der Waals surface area contributed by atoms with Gasteiger partial charge < -0.3 is 16.2 Å². The van der Waals surface area contributed by atoms with Crippen molar-refractivity contribution in [1.82, 2.24) is 20.2 Å². The topological polar surface area (TPSA) is 113 Å². The number of H-pyrrole nitrogens is 1. The van der Waals surface area contributed by atoms with Crippen molar-refractivity contribution in [2.75, 3.05) is 17.7 Å². The molecule has 3 aromatic heterocycles. The Kier molecular flexibility index (Phi) is 3.72. The number of fused-ring (bicyclic) bond motifs is 1. The maximum Gasteiger partial charge on any atom is 0.222 e. The minimum atomic E-state index is -0.0554. The lowest BCUT2D eigenvalue weighted by molar-refractivity contribution is 0.271. The highest BCUT2D eigenvalue weighted by Crippen LogP contribution is 2.35. The van der Waals surface area contributed by atoms with Crippen LogP contribution in [-0.4, -0.2) is 37.9 Å².